The molecular formula is C14H18F2N2S. The van der Waals surface area contributed by atoms with E-state index in [2.05, 4.69) is 10.2 Å². The summed E-state index contributed by atoms with van der Waals surface area (Å²) in [6.07, 6.45) is 3.67. The lowest BCUT2D eigenvalue weighted by Crippen LogP contribution is -2.34. The molecule has 1 heterocycles. The summed E-state index contributed by atoms with van der Waals surface area (Å²) in [5.41, 5.74) is 0.952. The molecule has 2 fully saturated rings. The van der Waals surface area contributed by atoms with Crippen LogP contribution in [-0.4, -0.2) is 30.9 Å². The first-order valence-corrected chi connectivity index (χ1v) is 7.65. The summed E-state index contributed by atoms with van der Waals surface area (Å²) in [5, 5.41) is 3.62. The maximum absolute atomic E-state index is 12.6. The molecule has 0 spiro atoms. The summed E-state index contributed by atoms with van der Waals surface area (Å²) in [6, 6.07) is 8.70. The first kappa shape index (κ1) is 13.2. The van der Waals surface area contributed by atoms with Gasteiger partial charge in [0.1, 0.15) is 0 Å². The normalized spacial score (nSPS) is 23.3. The van der Waals surface area contributed by atoms with Crippen LogP contribution in [0.1, 0.15) is 19.3 Å². The van der Waals surface area contributed by atoms with Crippen molar-refractivity contribution in [3.8, 4) is 0 Å². The molecule has 1 saturated carbocycles. The Hall–Kier alpha value is -0.810. The maximum Gasteiger partial charge on any atom is 0.288 e. The van der Waals surface area contributed by atoms with E-state index in [-0.39, 0.29) is 0 Å². The minimum Gasteiger partial charge on any atom is -0.369 e. The molecule has 2 nitrogen and oxygen atoms in total. The van der Waals surface area contributed by atoms with Gasteiger partial charge in [0, 0.05) is 30.1 Å². The summed E-state index contributed by atoms with van der Waals surface area (Å²) < 4.78 is 25.2. The van der Waals surface area contributed by atoms with Crippen molar-refractivity contribution in [1.82, 2.24) is 5.32 Å². The summed E-state index contributed by atoms with van der Waals surface area (Å²) >= 11 is 0.644. The lowest BCUT2D eigenvalue weighted by atomic mass is 10.2. The molecule has 1 saturated heterocycles. The topological polar surface area (TPSA) is 15.3 Å². The molecule has 19 heavy (non-hydrogen) atoms. The first-order valence-electron chi connectivity index (χ1n) is 6.77. The van der Waals surface area contributed by atoms with Gasteiger partial charge < -0.3 is 10.2 Å². The number of nitrogens with one attached hydrogen (secondary N) is 1. The molecular weight excluding hydrogens is 266 g/mol. The van der Waals surface area contributed by atoms with Gasteiger partial charge in [0.15, 0.2) is 0 Å². The van der Waals surface area contributed by atoms with Gasteiger partial charge in [-0.15, -0.1) is 0 Å². The van der Waals surface area contributed by atoms with E-state index in [1.807, 2.05) is 18.2 Å². The molecule has 1 aliphatic carbocycles. The fourth-order valence-corrected chi connectivity index (χ4v) is 3.28. The second-order valence-electron chi connectivity index (χ2n) is 5.22. The van der Waals surface area contributed by atoms with Crippen LogP contribution < -0.4 is 10.2 Å². The molecule has 0 aromatic heterocycles. The second-order valence-corrected chi connectivity index (χ2v) is 6.25. The summed E-state index contributed by atoms with van der Waals surface area (Å²) in [5.74, 6) is -2.36. The molecule has 5 heteroatoms. The lowest BCUT2D eigenvalue weighted by Gasteiger charge is -2.22. The zero-order valence-corrected chi connectivity index (χ0v) is 11.5. The lowest BCUT2D eigenvalue weighted by molar-refractivity contribution is 0.252. The fourth-order valence-electron chi connectivity index (χ4n) is 2.61. The molecule has 0 bridgehead atoms. The molecule has 104 valence electrons. The third kappa shape index (κ3) is 3.39. The number of thioether (sulfide) groups is 1. The predicted molar refractivity (Wildman–Crippen MR) is 75.1 cm³/mol. The van der Waals surface area contributed by atoms with Crippen LogP contribution in [0, 0.1) is 0 Å². The van der Waals surface area contributed by atoms with E-state index in [1.54, 1.807) is 6.07 Å². The Labute approximate surface area is 116 Å². The van der Waals surface area contributed by atoms with E-state index in [1.165, 1.54) is 12.8 Å². The Balaban J connectivity index is 1.67. The fraction of sp³-hybridized carbons (Fsp3) is 0.571. The van der Waals surface area contributed by atoms with E-state index in [9.17, 15) is 8.78 Å². The van der Waals surface area contributed by atoms with Gasteiger partial charge in [0.05, 0.1) is 5.69 Å². The van der Waals surface area contributed by atoms with Crippen molar-refractivity contribution >= 4 is 17.4 Å². The third-order valence-electron chi connectivity index (χ3n) is 3.66. The minimum atomic E-state index is -2.36. The third-order valence-corrected chi connectivity index (χ3v) is 4.44. The summed E-state index contributed by atoms with van der Waals surface area (Å²) in [4.78, 5) is 2.91. The zero-order valence-electron chi connectivity index (χ0n) is 10.7. The van der Waals surface area contributed by atoms with Crippen molar-refractivity contribution < 1.29 is 8.78 Å². The van der Waals surface area contributed by atoms with Gasteiger partial charge in [0.25, 0.3) is 5.76 Å². The van der Waals surface area contributed by atoms with Crippen molar-refractivity contribution in [2.24, 2.45) is 0 Å². The number of halogens is 2. The van der Waals surface area contributed by atoms with Gasteiger partial charge in [-0.2, -0.15) is 8.78 Å². The minimum absolute atomic E-state index is 0.511. The van der Waals surface area contributed by atoms with Gasteiger partial charge in [0.2, 0.25) is 0 Å². The highest BCUT2D eigenvalue weighted by atomic mass is 32.2. The molecule has 1 N–H and O–H groups in total. The van der Waals surface area contributed by atoms with Gasteiger partial charge in [-0.25, -0.2) is 0 Å². The Morgan fingerprint density at radius 2 is 1.95 bits per heavy atom. The highest BCUT2D eigenvalue weighted by Gasteiger charge is 2.30. The monoisotopic (exact) mass is 284 g/mol. The number of benzene rings is 1. The number of para-hydroxylation sites is 1. The van der Waals surface area contributed by atoms with Crippen LogP contribution >= 0.6 is 11.8 Å². The van der Waals surface area contributed by atoms with Crippen molar-refractivity contribution in [2.45, 2.75) is 42.0 Å². The van der Waals surface area contributed by atoms with Crippen LogP contribution in [0.25, 0.3) is 0 Å². The van der Waals surface area contributed by atoms with Gasteiger partial charge in [-0.1, -0.05) is 23.9 Å². The van der Waals surface area contributed by atoms with E-state index in [0.29, 0.717) is 28.7 Å². The average molecular weight is 284 g/mol. The molecule has 1 aromatic carbocycles. The summed E-state index contributed by atoms with van der Waals surface area (Å²) in [6.45, 7) is 1.88. The molecule has 1 atom stereocenters. The SMILES string of the molecule is FC(F)Sc1ccccc1N1CCC(NC2CC2)C1. The zero-order chi connectivity index (χ0) is 13.2. The van der Waals surface area contributed by atoms with Crippen molar-refractivity contribution in [3.05, 3.63) is 24.3 Å². The highest BCUT2D eigenvalue weighted by molar-refractivity contribution is 7.99. The molecule has 0 amide bonds. The van der Waals surface area contributed by atoms with Crippen LogP contribution in [0.4, 0.5) is 14.5 Å². The van der Waals surface area contributed by atoms with Gasteiger partial charge in [-0.3, -0.25) is 0 Å². The molecule has 1 aromatic rings. The predicted octanol–water partition coefficient (Wildman–Crippen LogP) is 3.33. The van der Waals surface area contributed by atoms with E-state index in [0.717, 1.165) is 25.2 Å². The van der Waals surface area contributed by atoms with Gasteiger partial charge in [-0.05, 0) is 31.4 Å². The number of hydrogen-bond acceptors (Lipinski definition) is 3. The Morgan fingerprint density at radius 1 is 1.16 bits per heavy atom. The first-order chi connectivity index (χ1) is 9.22. The second kappa shape index (κ2) is 5.67. The van der Waals surface area contributed by atoms with E-state index < -0.39 is 5.76 Å². The van der Waals surface area contributed by atoms with Crippen LogP contribution in [-0.2, 0) is 0 Å². The molecule has 1 aliphatic heterocycles. The van der Waals surface area contributed by atoms with Crippen LogP contribution in [0.2, 0.25) is 0 Å². The van der Waals surface area contributed by atoms with Gasteiger partial charge >= 0.3 is 0 Å². The maximum atomic E-state index is 12.6. The number of hydrogen-bond donors (Lipinski definition) is 1. The van der Waals surface area contributed by atoms with E-state index in [4.69, 9.17) is 0 Å². The molecule has 2 aliphatic rings. The summed E-state index contributed by atoms with van der Waals surface area (Å²) in [7, 11) is 0. The van der Waals surface area contributed by atoms with Crippen molar-refractivity contribution in [1.29, 1.82) is 0 Å². The number of nitrogens with zero attached hydrogens (tertiary/aromatic N) is 1. The van der Waals surface area contributed by atoms with Crippen LogP contribution in [0.5, 0.6) is 0 Å². The van der Waals surface area contributed by atoms with Crippen LogP contribution in [0.15, 0.2) is 29.2 Å². The average Bonchev–Trinajstić information content (AvgIpc) is 3.06. The standard InChI is InChI=1S/C14H18F2N2S/c15-14(16)19-13-4-2-1-3-12(13)18-8-7-11(9-18)17-10-5-6-10/h1-4,10-11,14,17H,5-9H2. The van der Waals surface area contributed by atoms with Crippen LogP contribution in [0.3, 0.4) is 0 Å². The quantitative estimate of drug-likeness (QED) is 0.835. The van der Waals surface area contributed by atoms with Crippen molar-refractivity contribution in [2.75, 3.05) is 18.0 Å². The number of anilines is 1. The Morgan fingerprint density at radius 3 is 2.68 bits per heavy atom. The van der Waals surface area contributed by atoms with Crippen molar-refractivity contribution in [3.63, 3.8) is 0 Å². The largest absolute Gasteiger partial charge is 0.369 e. The molecule has 0 radical (unpaired) electrons. The highest BCUT2D eigenvalue weighted by Crippen LogP contribution is 2.35. The number of rotatable bonds is 5. The Bertz CT molecular complexity index is 437. The van der Waals surface area contributed by atoms with E-state index >= 15 is 0 Å². The molecule has 3 rings (SSSR count). The Kier molecular flexibility index (Phi) is 3.93. The molecule has 1 unspecified atom stereocenters. The smallest absolute Gasteiger partial charge is 0.288 e. The number of alkyl halides is 2.